The molecule has 10 heteroatoms. The van der Waals surface area contributed by atoms with Gasteiger partial charge in [-0.25, -0.2) is 0 Å². The third-order valence-electron chi connectivity index (χ3n) is 1.56. The van der Waals surface area contributed by atoms with Crippen LogP contribution in [0.1, 0.15) is 6.92 Å². The minimum absolute atomic E-state index is 0.0304. The lowest BCUT2D eigenvalue weighted by Crippen LogP contribution is -2.35. The van der Waals surface area contributed by atoms with E-state index in [1.165, 1.54) is 6.92 Å². The zero-order valence-electron chi connectivity index (χ0n) is 8.53. The van der Waals surface area contributed by atoms with E-state index >= 15 is 0 Å². The fraction of sp³-hybridized carbons (Fsp3) is 0.833. The Balaban J connectivity index is 3.84. The Hall–Kier alpha value is -2.13. The highest BCUT2D eigenvalue weighted by molar-refractivity contribution is 5.73. The number of amides is 1. The molecule has 0 unspecified atom stereocenters. The van der Waals surface area contributed by atoms with Gasteiger partial charge in [-0.3, -0.25) is 4.79 Å². The molecule has 0 aromatic carbocycles. The second kappa shape index (κ2) is 7.20. The number of carbonyl (C=O) groups excluding carboxylic acids is 1. The molecule has 0 aliphatic carbocycles. The summed E-state index contributed by atoms with van der Waals surface area (Å²) in [7, 11) is 0. The van der Waals surface area contributed by atoms with Crippen LogP contribution in [-0.2, 0) is 14.5 Å². The summed E-state index contributed by atoms with van der Waals surface area (Å²) in [6.07, 6.45) is 0. The van der Waals surface area contributed by atoms with E-state index in [1.807, 2.05) is 0 Å². The summed E-state index contributed by atoms with van der Waals surface area (Å²) in [5.41, 5.74) is 0. The van der Waals surface area contributed by atoms with Crippen molar-refractivity contribution in [2.75, 3.05) is 26.3 Å². The van der Waals surface area contributed by atoms with Crippen molar-refractivity contribution < 1.29 is 24.6 Å². The van der Waals surface area contributed by atoms with Crippen LogP contribution in [0.25, 0.3) is 0 Å². The maximum atomic E-state index is 11.0. The molecule has 0 atom stereocenters. The van der Waals surface area contributed by atoms with Gasteiger partial charge < -0.3 is 14.6 Å². The molecule has 0 aliphatic rings. The Bertz CT molecular complexity index is 249. The Morgan fingerprint density at radius 3 is 1.75 bits per heavy atom. The first kappa shape index (κ1) is 13.9. The molecule has 0 spiro atoms. The summed E-state index contributed by atoms with van der Waals surface area (Å²) < 4.78 is 0. The summed E-state index contributed by atoms with van der Waals surface area (Å²) in [6.45, 7) is 0.600. The quantitative estimate of drug-likeness (QED) is 0.401. The van der Waals surface area contributed by atoms with Gasteiger partial charge in [-0.1, -0.05) is 0 Å². The Morgan fingerprint density at radius 1 is 1.12 bits per heavy atom. The first-order valence-corrected chi connectivity index (χ1v) is 4.23. The predicted octanol–water partition coefficient (Wildman–Crippen LogP) is -0.748. The van der Waals surface area contributed by atoms with Crippen LogP contribution in [0.15, 0.2) is 0 Å². The van der Waals surface area contributed by atoms with E-state index in [1.54, 1.807) is 0 Å². The van der Waals surface area contributed by atoms with Gasteiger partial charge in [0.1, 0.15) is 13.2 Å². The van der Waals surface area contributed by atoms with Crippen molar-refractivity contribution in [2.24, 2.45) is 0 Å². The van der Waals surface area contributed by atoms with Gasteiger partial charge in [0, 0.05) is 20.0 Å². The minimum Gasteiger partial charge on any atom is -0.339 e. The molecule has 92 valence electrons. The summed E-state index contributed by atoms with van der Waals surface area (Å²) >= 11 is 0. The van der Waals surface area contributed by atoms with E-state index in [-0.39, 0.29) is 32.2 Å². The molecule has 0 aromatic rings. The molecule has 0 N–H and O–H groups in total. The number of hydrogen-bond donors (Lipinski definition) is 0. The molecule has 1 amide bonds. The molecule has 0 saturated heterocycles. The van der Waals surface area contributed by atoms with Crippen molar-refractivity contribution >= 4 is 5.91 Å². The van der Waals surface area contributed by atoms with E-state index in [0.717, 1.165) is 4.90 Å². The van der Waals surface area contributed by atoms with E-state index < -0.39 is 10.2 Å². The molecule has 0 bridgehead atoms. The zero-order valence-corrected chi connectivity index (χ0v) is 8.53. The lowest BCUT2D eigenvalue weighted by atomic mass is 10.4. The van der Waals surface area contributed by atoms with Crippen LogP contribution >= 0.6 is 0 Å². The van der Waals surface area contributed by atoms with Gasteiger partial charge in [-0.05, 0) is 0 Å². The molecular weight excluding hydrogens is 226 g/mol. The Kier molecular flexibility index (Phi) is 6.24. The number of carbonyl (C=O) groups is 1. The monoisotopic (exact) mass is 237 g/mol. The highest BCUT2D eigenvalue weighted by Gasteiger charge is 2.09. The molecule has 0 fully saturated rings. The van der Waals surface area contributed by atoms with Crippen molar-refractivity contribution in [2.45, 2.75) is 6.92 Å². The molecule has 0 aromatic heterocycles. The van der Waals surface area contributed by atoms with Gasteiger partial charge in [-0.15, -0.1) is 20.2 Å². The van der Waals surface area contributed by atoms with E-state index in [9.17, 15) is 25.0 Å². The molecular formula is C6H11N3O7. The number of hydrogen-bond acceptors (Lipinski definition) is 7. The van der Waals surface area contributed by atoms with Gasteiger partial charge >= 0.3 is 0 Å². The summed E-state index contributed by atoms with van der Waals surface area (Å²) in [6, 6.07) is 0. The van der Waals surface area contributed by atoms with Crippen molar-refractivity contribution in [1.82, 2.24) is 4.90 Å². The largest absolute Gasteiger partial charge is 0.339 e. The lowest BCUT2D eigenvalue weighted by Gasteiger charge is -2.19. The number of nitrogens with zero attached hydrogens (tertiary/aromatic N) is 3. The molecule has 10 nitrogen and oxygen atoms in total. The fourth-order valence-corrected chi connectivity index (χ4v) is 0.878. The van der Waals surface area contributed by atoms with Gasteiger partial charge in [0.15, 0.2) is 0 Å². The molecule has 0 rings (SSSR count). The summed E-state index contributed by atoms with van der Waals surface area (Å²) in [5, 5.41) is 17.7. The SMILES string of the molecule is CC(=O)N(CCO[N+](=O)[O-])CCO[N+](=O)[O-]. The topological polar surface area (TPSA) is 125 Å². The molecule has 0 heterocycles. The van der Waals surface area contributed by atoms with Crippen LogP contribution in [-0.4, -0.2) is 47.3 Å². The van der Waals surface area contributed by atoms with Crippen molar-refractivity contribution in [3.05, 3.63) is 20.2 Å². The van der Waals surface area contributed by atoms with Crippen LogP contribution < -0.4 is 0 Å². The highest BCUT2D eigenvalue weighted by atomic mass is 17.0. The summed E-state index contributed by atoms with van der Waals surface area (Å²) in [4.78, 5) is 39.8. The van der Waals surface area contributed by atoms with E-state index in [2.05, 4.69) is 9.68 Å². The van der Waals surface area contributed by atoms with Crippen molar-refractivity contribution in [3.63, 3.8) is 0 Å². The Labute approximate surface area is 89.9 Å². The van der Waals surface area contributed by atoms with Crippen LogP contribution in [0.4, 0.5) is 0 Å². The number of rotatable bonds is 8. The van der Waals surface area contributed by atoms with Crippen LogP contribution in [0.5, 0.6) is 0 Å². The average Bonchev–Trinajstić information content (AvgIpc) is 2.14. The third-order valence-corrected chi connectivity index (χ3v) is 1.56. The van der Waals surface area contributed by atoms with Gasteiger partial charge in [0.05, 0.1) is 0 Å². The molecule has 0 radical (unpaired) electrons. The normalized spacial score (nSPS) is 9.31. The van der Waals surface area contributed by atoms with Crippen LogP contribution in [0.2, 0.25) is 0 Å². The molecule has 0 aliphatic heterocycles. The second-order valence-electron chi connectivity index (χ2n) is 2.62. The maximum absolute atomic E-state index is 11.0. The van der Waals surface area contributed by atoms with Gasteiger partial charge in [0.25, 0.3) is 10.2 Å². The minimum atomic E-state index is -0.980. The van der Waals surface area contributed by atoms with Gasteiger partial charge in [-0.2, -0.15) is 0 Å². The highest BCUT2D eigenvalue weighted by Crippen LogP contribution is 1.91. The second-order valence-corrected chi connectivity index (χ2v) is 2.62. The fourth-order valence-electron chi connectivity index (χ4n) is 0.878. The lowest BCUT2D eigenvalue weighted by molar-refractivity contribution is -0.758. The zero-order chi connectivity index (χ0) is 12.6. The van der Waals surface area contributed by atoms with E-state index in [0.29, 0.717) is 0 Å². The average molecular weight is 237 g/mol. The van der Waals surface area contributed by atoms with Crippen LogP contribution in [0, 0.1) is 20.2 Å². The predicted molar refractivity (Wildman–Crippen MR) is 48.1 cm³/mol. The maximum Gasteiger partial charge on any atom is 0.294 e. The van der Waals surface area contributed by atoms with Crippen molar-refractivity contribution in [3.8, 4) is 0 Å². The van der Waals surface area contributed by atoms with Gasteiger partial charge in [0.2, 0.25) is 5.91 Å². The standard InChI is InChI=1S/C6H11N3O7/c1-6(10)7(2-4-15-8(11)12)3-5-16-9(13)14/h2-5H2,1H3. The first-order chi connectivity index (χ1) is 7.43. The van der Waals surface area contributed by atoms with Crippen LogP contribution in [0.3, 0.4) is 0 Å². The molecule has 0 saturated carbocycles. The van der Waals surface area contributed by atoms with E-state index in [4.69, 9.17) is 0 Å². The Morgan fingerprint density at radius 2 is 1.50 bits per heavy atom. The van der Waals surface area contributed by atoms with Crippen molar-refractivity contribution in [1.29, 1.82) is 0 Å². The summed E-state index contributed by atoms with van der Waals surface area (Å²) in [5.74, 6) is -0.376. The third kappa shape index (κ3) is 7.29. The molecule has 16 heavy (non-hydrogen) atoms. The first-order valence-electron chi connectivity index (χ1n) is 4.23. The smallest absolute Gasteiger partial charge is 0.294 e.